The van der Waals surface area contributed by atoms with E-state index in [0.717, 1.165) is 0 Å². The molecule has 2 aromatic rings. The Morgan fingerprint density at radius 2 is 1.62 bits per heavy atom. The highest BCUT2D eigenvalue weighted by atomic mass is 35.5. The molecule has 0 radical (unpaired) electrons. The highest BCUT2D eigenvalue weighted by Gasteiger charge is 2.14. The lowest BCUT2D eigenvalue weighted by Crippen LogP contribution is -1.95. The molecule has 0 fully saturated rings. The summed E-state index contributed by atoms with van der Waals surface area (Å²) in [6.45, 7) is 0. The second-order valence-electron chi connectivity index (χ2n) is 4.75. The minimum atomic E-state index is 0.394. The van der Waals surface area contributed by atoms with Gasteiger partial charge in [0.1, 0.15) is 0 Å². The molecule has 2 rings (SSSR count). The Bertz CT molecular complexity index is 800. The summed E-state index contributed by atoms with van der Waals surface area (Å²) in [6.07, 6.45) is 1.69. The summed E-state index contributed by atoms with van der Waals surface area (Å²) >= 11 is 12.1. The van der Waals surface area contributed by atoms with Crippen LogP contribution in [0.15, 0.2) is 30.3 Å². The summed E-state index contributed by atoms with van der Waals surface area (Å²) in [4.78, 5) is 0. The summed E-state index contributed by atoms with van der Waals surface area (Å²) < 4.78 is 15.9. The fourth-order valence-electron chi connectivity index (χ4n) is 2.23. The van der Waals surface area contributed by atoms with Crippen molar-refractivity contribution in [3.63, 3.8) is 0 Å². The number of halogens is 2. The van der Waals surface area contributed by atoms with Crippen molar-refractivity contribution >= 4 is 34.9 Å². The molecule has 124 valence electrons. The Hall–Kier alpha value is -2.35. The summed E-state index contributed by atoms with van der Waals surface area (Å²) in [6, 6.07) is 10.6. The molecular formula is C18H15Cl2NO3. The van der Waals surface area contributed by atoms with Crippen LogP contribution in [-0.4, -0.2) is 21.3 Å². The molecule has 0 aliphatic carbocycles. The second kappa shape index (κ2) is 7.96. The van der Waals surface area contributed by atoms with E-state index in [2.05, 4.69) is 6.07 Å². The van der Waals surface area contributed by atoms with E-state index in [9.17, 15) is 5.26 Å². The van der Waals surface area contributed by atoms with E-state index in [1.165, 1.54) is 21.3 Å². The lowest BCUT2D eigenvalue weighted by molar-refractivity contribution is 0.324. The molecule has 0 atom stereocenters. The van der Waals surface area contributed by atoms with E-state index in [4.69, 9.17) is 37.4 Å². The lowest BCUT2D eigenvalue weighted by Gasteiger charge is -2.13. The van der Waals surface area contributed by atoms with Crippen molar-refractivity contribution < 1.29 is 14.2 Å². The first-order valence-corrected chi connectivity index (χ1v) is 7.66. The quantitative estimate of drug-likeness (QED) is 0.548. The van der Waals surface area contributed by atoms with E-state index in [0.29, 0.717) is 44.0 Å². The van der Waals surface area contributed by atoms with E-state index < -0.39 is 0 Å². The average Bonchev–Trinajstić information content (AvgIpc) is 2.59. The van der Waals surface area contributed by atoms with Crippen molar-refractivity contribution in [1.29, 1.82) is 5.26 Å². The van der Waals surface area contributed by atoms with Crippen molar-refractivity contribution in [2.45, 2.75) is 0 Å². The van der Waals surface area contributed by atoms with Crippen LogP contribution >= 0.6 is 23.2 Å². The average molecular weight is 364 g/mol. The van der Waals surface area contributed by atoms with Crippen LogP contribution < -0.4 is 14.2 Å². The molecule has 4 nitrogen and oxygen atoms in total. The van der Waals surface area contributed by atoms with Gasteiger partial charge in [0.05, 0.1) is 38.0 Å². The molecule has 2 aromatic carbocycles. The number of nitriles is 1. The third-order valence-electron chi connectivity index (χ3n) is 3.34. The Labute approximate surface area is 150 Å². The van der Waals surface area contributed by atoms with Crippen LogP contribution in [0.5, 0.6) is 17.2 Å². The van der Waals surface area contributed by atoms with Crippen molar-refractivity contribution in [3.05, 3.63) is 51.5 Å². The summed E-state index contributed by atoms with van der Waals surface area (Å²) in [5.74, 6) is 1.49. The first kappa shape index (κ1) is 18.0. The zero-order chi connectivity index (χ0) is 17.7. The van der Waals surface area contributed by atoms with Crippen LogP contribution in [0.25, 0.3) is 11.6 Å². The van der Waals surface area contributed by atoms with E-state index in [1.54, 1.807) is 36.4 Å². The van der Waals surface area contributed by atoms with Gasteiger partial charge in [-0.2, -0.15) is 5.26 Å². The third-order valence-corrected chi connectivity index (χ3v) is 3.89. The number of methoxy groups -OCH3 is 3. The number of hydrogen-bond acceptors (Lipinski definition) is 4. The second-order valence-corrected chi connectivity index (χ2v) is 5.60. The van der Waals surface area contributed by atoms with E-state index >= 15 is 0 Å². The van der Waals surface area contributed by atoms with Gasteiger partial charge in [-0.15, -0.1) is 0 Å². The van der Waals surface area contributed by atoms with Crippen LogP contribution in [0.1, 0.15) is 11.1 Å². The van der Waals surface area contributed by atoms with Crippen LogP contribution in [0.3, 0.4) is 0 Å². The SMILES string of the molecule is COc1cc(C=C(C#N)c2ccc(Cl)cc2Cl)cc(OC)c1OC. The molecule has 6 heteroatoms. The molecule has 0 saturated carbocycles. The molecule has 0 aliphatic rings. The van der Waals surface area contributed by atoms with Gasteiger partial charge in [-0.25, -0.2) is 0 Å². The first-order chi connectivity index (χ1) is 11.5. The molecule has 0 N–H and O–H groups in total. The zero-order valence-electron chi connectivity index (χ0n) is 13.4. The van der Waals surface area contributed by atoms with E-state index in [-0.39, 0.29) is 0 Å². The number of nitrogens with zero attached hydrogens (tertiary/aromatic N) is 1. The largest absolute Gasteiger partial charge is 0.493 e. The predicted molar refractivity (Wildman–Crippen MR) is 96.0 cm³/mol. The molecular weight excluding hydrogens is 349 g/mol. The fraction of sp³-hybridized carbons (Fsp3) is 0.167. The summed E-state index contributed by atoms with van der Waals surface area (Å²) in [5.41, 5.74) is 1.70. The molecule has 24 heavy (non-hydrogen) atoms. The van der Waals surface area contributed by atoms with Gasteiger partial charge in [-0.05, 0) is 35.9 Å². The van der Waals surface area contributed by atoms with Crippen molar-refractivity contribution in [2.75, 3.05) is 21.3 Å². The van der Waals surface area contributed by atoms with Gasteiger partial charge in [-0.1, -0.05) is 29.3 Å². The Morgan fingerprint density at radius 1 is 1.00 bits per heavy atom. The predicted octanol–water partition coefficient (Wildman–Crippen LogP) is 5.08. The number of ether oxygens (including phenoxy) is 3. The van der Waals surface area contributed by atoms with Crippen LogP contribution in [0, 0.1) is 11.3 Å². The molecule has 0 unspecified atom stereocenters. The molecule has 0 aromatic heterocycles. The first-order valence-electron chi connectivity index (χ1n) is 6.91. The van der Waals surface area contributed by atoms with Crippen LogP contribution in [-0.2, 0) is 0 Å². The summed E-state index contributed by atoms with van der Waals surface area (Å²) in [7, 11) is 4.60. The Morgan fingerprint density at radius 3 is 2.08 bits per heavy atom. The number of hydrogen-bond donors (Lipinski definition) is 0. The standard InChI is InChI=1S/C18H15Cl2NO3/c1-22-16-7-11(8-17(23-2)18(16)24-3)6-12(10-21)14-5-4-13(19)9-15(14)20/h4-9H,1-3H3. The maximum absolute atomic E-state index is 9.49. The fourth-order valence-corrected chi connectivity index (χ4v) is 2.74. The maximum atomic E-state index is 9.49. The van der Waals surface area contributed by atoms with Gasteiger partial charge in [0.2, 0.25) is 5.75 Å². The van der Waals surface area contributed by atoms with Gasteiger partial charge in [0.25, 0.3) is 0 Å². The number of allylic oxidation sites excluding steroid dienone is 1. The molecule has 0 spiro atoms. The minimum Gasteiger partial charge on any atom is -0.493 e. The van der Waals surface area contributed by atoms with Crippen molar-refractivity contribution in [2.24, 2.45) is 0 Å². The smallest absolute Gasteiger partial charge is 0.203 e. The normalized spacial score (nSPS) is 10.9. The van der Waals surface area contributed by atoms with Crippen LogP contribution in [0.4, 0.5) is 0 Å². The maximum Gasteiger partial charge on any atom is 0.203 e. The van der Waals surface area contributed by atoms with Crippen molar-refractivity contribution in [1.82, 2.24) is 0 Å². The topological polar surface area (TPSA) is 51.5 Å². The van der Waals surface area contributed by atoms with Gasteiger partial charge < -0.3 is 14.2 Å². The number of rotatable bonds is 5. The highest BCUT2D eigenvalue weighted by molar-refractivity contribution is 6.36. The monoisotopic (exact) mass is 363 g/mol. The molecule has 0 aliphatic heterocycles. The number of benzene rings is 2. The van der Waals surface area contributed by atoms with E-state index in [1.807, 2.05) is 0 Å². The van der Waals surface area contributed by atoms with Crippen molar-refractivity contribution in [3.8, 4) is 23.3 Å². The Balaban J connectivity index is 2.57. The zero-order valence-corrected chi connectivity index (χ0v) is 14.9. The lowest BCUT2D eigenvalue weighted by atomic mass is 10.0. The third kappa shape index (κ3) is 3.76. The molecule has 0 saturated heterocycles. The minimum absolute atomic E-state index is 0.394. The Kier molecular flexibility index (Phi) is 5.97. The summed E-state index contributed by atoms with van der Waals surface area (Å²) in [5, 5.41) is 10.4. The van der Waals surface area contributed by atoms with Crippen LogP contribution in [0.2, 0.25) is 10.0 Å². The molecule has 0 bridgehead atoms. The van der Waals surface area contributed by atoms with Gasteiger partial charge >= 0.3 is 0 Å². The van der Waals surface area contributed by atoms with Gasteiger partial charge in [0, 0.05) is 10.6 Å². The highest BCUT2D eigenvalue weighted by Crippen LogP contribution is 2.39. The molecule has 0 amide bonds. The van der Waals surface area contributed by atoms with Gasteiger partial charge in [0.15, 0.2) is 11.5 Å². The van der Waals surface area contributed by atoms with Gasteiger partial charge in [-0.3, -0.25) is 0 Å². The molecule has 0 heterocycles.